The van der Waals surface area contributed by atoms with Crippen LogP contribution < -0.4 is 4.90 Å². The number of anilines is 1. The number of hydrogen-bond donors (Lipinski definition) is 0. The van der Waals surface area contributed by atoms with Crippen molar-refractivity contribution in [1.29, 1.82) is 0 Å². The van der Waals surface area contributed by atoms with Crippen LogP contribution in [0.25, 0.3) is 22.0 Å². The summed E-state index contributed by atoms with van der Waals surface area (Å²) >= 11 is 1.65. The Morgan fingerprint density at radius 2 is 2.17 bits per heavy atom. The number of para-hydroxylation sites is 1. The van der Waals surface area contributed by atoms with E-state index in [4.69, 9.17) is 4.74 Å². The lowest BCUT2D eigenvalue weighted by molar-refractivity contribution is -0.143. The Hall–Kier alpha value is -2.99. The van der Waals surface area contributed by atoms with Crippen molar-refractivity contribution in [3.63, 3.8) is 0 Å². The van der Waals surface area contributed by atoms with Crippen LogP contribution in [0.1, 0.15) is 35.9 Å². The van der Waals surface area contributed by atoms with Crippen molar-refractivity contribution < 1.29 is 9.53 Å². The fourth-order valence-electron chi connectivity index (χ4n) is 3.39. The van der Waals surface area contributed by atoms with Gasteiger partial charge in [0.1, 0.15) is 5.01 Å². The summed E-state index contributed by atoms with van der Waals surface area (Å²) in [5.41, 5.74) is 5.36. The predicted molar refractivity (Wildman–Crippen MR) is 119 cm³/mol. The van der Waals surface area contributed by atoms with Crippen LogP contribution in [-0.4, -0.2) is 29.1 Å². The lowest BCUT2D eigenvalue weighted by atomic mass is 9.99. The van der Waals surface area contributed by atoms with Gasteiger partial charge in [-0.1, -0.05) is 18.2 Å². The number of nitrogens with zero attached hydrogens (tertiary/aromatic N) is 3. The molecule has 0 saturated heterocycles. The zero-order chi connectivity index (χ0) is 20.2. The first-order chi connectivity index (χ1) is 14.1. The normalized spacial score (nSPS) is 14.4. The number of benzene rings is 1. The molecule has 148 valence electrons. The third-order valence-corrected chi connectivity index (χ3v) is 5.66. The van der Waals surface area contributed by atoms with E-state index in [2.05, 4.69) is 51.4 Å². The molecule has 29 heavy (non-hydrogen) atoms. The van der Waals surface area contributed by atoms with Gasteiger partial charge in [0.15, 0.2) is 5.65 Å². The van der Waals surface area contributed by atoms with Crippen molar-refractivity contribution in [2.24, 2.45) is 0 Å². The summed E-state index contributed by atoms with van der Waals surface area (Å²) in [7, 11) is 0. The topological polar surface area (TPSA) is 55.3 Å². The third kappa shape index (κ3) is 4.38. The SMILES string of the molecule is CCOC(=O)CCCN1C=C/C(=C\c2nc3ncc(C)cc3s2)c2ccccc21. The minimum Gasteiger partial charge on any atom is -0.466 e. The summed E-state index contributed by atoms with van der Waals surface area (Å²) in [5, 5.41) is 0.948. The highest BCUT2D eigenvalue weighted by molar-refractivity contribution is 7.19. The molecule has 4 rings (SSSR count). The molecule has 2 aromatic heterocycles. The number of carbonyl (C=O) groups is 1. The fourth-order valence-corrected chi connectivity index (χ4v) is 4.36. The van der Waals surface area contributed by atoms with Gasteiger partial charge in [-0.15, -0.1) is 11.3 Å². The first kappa shape index (κ1) is 19.3. The highest BCUT2D eigenvalue weighted by atomic mass is 32.1. The smallest absolute Gasteiger partial charge is 0.305 e. The second-order valence-corrected chi connectivity index (χ2v) is 7.98. The first-order valence-electron chi connectivity index (χ1n) is 9.79. The maximum absolute atomic E-state index is 11.6. The summed E-state index contributed by atoms with van der Waals surface area (Å²) in [6.07, 6.45) is 9.34. The molecule has 0 N–H and O–H groups in total. The van der Waals surface area contributed by atoms with Crippen LogP contribution in [-0.2, 0) is 9.53 Å². The van der Waals surface area contributed by atoms with Crippen LogP contribution in [0.15, 0.2) is 48.8 Å². The molecule has 3 heterocycles. The van der Waals surface area contributed by atoms with Gasteiger partial charge < -0.3 is 9.64 Å². The molecule has 0 radical (unpaired) electrons. The Labute approximate surface area is 174 Å². The Bertz CT molecular complexity index is 1100. The number of ether oxygens (including phenoxy) is 1. The van der Waals surface area contributed by atoms with Gasteiger partial charge in [0.05, 0.1) is 11.3 Å². The van der Waals surface area contributed by atoms with Gasteiger partial charge in [-0.2, -0.15) is 0 Å². The highest BCUT2D eigenvalue weighted by Crippen LogP contribution is 2.35. The average molecular weight is 406 g/mol. The van der Waals surface area contributed by atoms with Crippen molar-refractivity contribution >= 4 is 45.0 Å². The average Bonchev–Trinajstić information content (AvgIpc) is 3.11. The maximum Gasteiger partial charge on any atom is 0.305 e. The molecule has 0 saturated carbocycles. The number of pyridine rings is 1. The second-order valence-electron chi connectivity index (χ2n) is 6.92. The summed E-state index contributed by atoms with van der Waals surface area (Å²) in [6.45, 7) is 5.07. The third-order valence-electron chi connectivity index (χ3n) is 4.72. The number of rotatable bonds is 6. The van der Waals surface area contributed by atoms with Gasteiger partial charge in [0.25, 0.3) is 0 Å². The van der Waals surface area contributed by atoms with E-state index in [1.807, 2.05) is 32.2 Å². The lowest BCUT2D eigenvalue weighted by Gasteiger charge is -2.27. The number of allylic oxidation sites excluding steroid dienone is 2. The number of carbonyl (C=O) groups excluding carboxylic acids is 1. The van der Waals surface area contributed by atoms with Gasteiger partial charge in [0, 0.05) is 36.6 Å². The van der Waals surface area contributed by atoms with Gasteiger partial charge in [-0.3, -0.25) is 4.79 Å². The quantitative estimate of drug-likeness (QED) is 0.527. The molecule has 1 aromatic carbocycles. The molecule has 0 aliphatic carbocycles. The number of esters is 1. The van der Waals surface area contributed by atoms with Gasteiger partial charge in [0.2, 0.25) is 0 Å². The largest absolute Gasteiger partial charge is 0.466 e. The van der Waals surface area contributed by atoms with E-state index in [1.165, 1.54) is 0 Å². The Morgan fingerprint density at radius 1 is 1.31 bits per heavy atom. The minimum atomic E-state index is -0.137. The van der Waals surface area contributed by atoms with Gasteiger partial charge in [-0.25, -0.2) is 9.97 Å². The van der Waals surface area contributed by atoms with E-state index in [-0.39, 0.29) is 5.97 Å². The predicted octanol–water partition coefficient (Wildman–Crippen LogP) is 5.22. The van der Waals surface area contributed by atoms with Crippen LogP contribution >= 0.6 is 11.3 Å². The zero-order valence-corrected chi connectivity index (χ0v) is 17.4. The molecule has 1 aliphatic heterocycles. The molecule has 5 nitrogen and oxygen atoms in total. The number of fused-ring (bicyclic) bond motifs is 2. The molecule has 0 unspecified atom stereocenters. The molecule has 0 fully saturated rings. The van der Waals surface area contributed by atoms with E-state index in [9.17, 15) is 4.79 Å². The van der Waals surface area contributed by atoms with E-state index in [0.29, 0.717) is 13.0 Å². The van der Waals surface area contributed by atoms with Crippen LogP contribution in [0.4, 0.5) is 5.69 Å². The number of aryl methyl sites for hydroxylation is 1. The summed E-state index contributed by atoms with van der Waals surface area (Å²) in [4.78, 5) is 22.9. The molecule has 0 bridgehead atoms. The Kier molecular flexibility index (Phi) is 5.71. The van der Waals surface area contributed by atoms with Crippen LogP contribution in [0, 0.1) is 6.92 Å². The minimum absolute atomic E-state index is 0.137. The second kappa shape index (κ2) is 8.57. The molecule has 0 amide bonds. The molecular formula is C23H23N3O2S. The molecule has 0 spiro atoms. The first-order valence-corrected chi connectivity index (χ1v) is 10.6. The van der Waals surface area contributed by atoms with Crippen molar-refractivity contribution in [1.82, 2.24) is 9.97 Å². The highest BCUT2D eigenvalue weighted by Gasteiger charge is 2.17. The lowest BCUT2D eigenvalue weighted by Crippen LogP contribution is -2.22. The van der Waals surface area contributed by atoms with Crippen molar-refractivity contribution in [2.45, 2.75) is 26.7 Å². The zero-order valence-electron chi connectivity index (χ0n) is 16.6. The van der Waals surface area contributed by atoms with Crippen LogP contribution in [0.2, 0.25) is 0 Å². The standard InChI is InChI=1S/C23H23N3O2S/c1-3-28-22(27)9-6-11-26-12-10-17(18-7-4-5-8-19(18)26)14-21-25-23-20(29-21)13-16(2)15-24-23/h4-5,7-8,10,12-15H,3,6,9,11H2,1-2H3/b17-14+. The Balaban J connectivity index is 1.56. The maximum atomic E-state index is 11.6. The number of thiazole rings is 1. The van der Waals surface area contributed by atoms with Crippen LogP contribution in [0.5, 0.6) is 0 Å². The fraction of sp³-hybridized carbons (Fsp3) is 0.261. The van der Waals surface area contributed by atoms with Crippen LogP contribution in [0.3, 0.4) is 0 Å². The number of hydrogen-bond acceptors (Lipinski definition) is 6. The van der Waals surface area contributed by atoms with Crippen molar-refractivity contribution in [3.8, 4) is 0 Å². The molecule has 3 aromatic rings. The summed E-state index contributed by atoms with van der Waals surface area (Å²) < 4.78 is 6.12. The van der Waals surface area contributed by atoms with E-state index >= 15 is 0 Å². The van der Waals surface area contributed by atoms with E-state index < -0.39 is 0 Å². The Morgan fingerprint density at radius 3 is 3.03 bits per heavy atom. The molecule has 0 atom stereocenters. The molecule has 6 heteroatoms. The molecular weight excluding hydrogens is 382 g/mol. The van der Waals surface area contributed by atoms with Crippen molar-refractivity contribution in [2.75, 3.05) is 18.1 Å². The van der Waals surface area contributed by atoms with Crippen molar-refractivity contribution in [3.05, 3.63) is 64.9 Å². The summed E-state index contributed by atoms with van der Waals surface area (Å²) in [5.74, 6) is -0.137. The van der Waals surface area contributed by atoms with Gasteiger partial charge >= 0.3 is 5.97 Å². The van der Waals surface area contributed by atoms with E-state index in [1.54, 1.807) is 11.3 Å². The number of aromatic nitrogens is 2. The monoisotopic (exact) mass is 405 g/mol. The summed E-state index contributed by atoms with van der Waals surface area (Å²) in [6, 6.07) is 10.4. The van der Waals surface area contributed by atoms with E-state index in [0.717, 1.165) is 50.7 Å². The molecule has 1 aliphatic rings. The van der Waals surface area contributed by atoms with Gasteiger partial charge in [-0.05, 0) is 55.7 Å².